The van der Waals surface area contributed by atoms with Gasteiger partial charge in [-0.05, 0) is 45.7 Å². The molecule has 1 aliphatic carbocycles. The van der Waals surface area contributed by atoms with Crippen molar-refractivity contribution in [1.29, 1.82) is 0 Å². The van der Waals surface area contributed by atoms with E-state index in [1.807, 2.05) is 6.92 Å². The summed E-state index contributed by atoms with van der Waals surface area (Å²) < 4.78 is 11.4. The zero-order valence-electron chi connectivity index (χ0n) is 15.3. The predicted octanol–water partition coefficient (Wildman–Crippen LogP) is 2.67. The van der Waals surface area contributed by atoms with Gasteiger partial charge in [0, 0.05) is 19.1 Å². The Hall–Kier alpha value is -0.360. The maximum absolute atomic E-state index is 12.4. The standard InChI is InChI=1S/C18H34N2O3.ClH/c1-15(23-16-7-5-3-4-6-8-16)17(21)20-13-18(14-22-2)9-11-19-12-10-18;/h15-16,19H,3-14H2,1-2H3,(H,20,21);1H. The van der Waals surface area contributed by atoms with Gasteiger partial charge in [0.2, 0.25) is 5.91 Å². The van der Waals surface area contributed by atoms with E-state index in [4.69, 9.17) is 9.47 Å². The maximum atomic E-state index is 12.4. The van der Waals surface area contributed by atoms with Crippen LogP contribution in [0.1, 0.15) is 58.3 Å². The molecule has 0 aromatic heterocycles. The second-order valence-electron chi connectivity index (χ2n) is 7.29. The van der Waals surface area contributed by atoms with Gasteiger partial charge < -0.3 is 20.1 Å². The molecule has 1 unspecified atom stereocenters. The van der Waals surface area contributed by atoms with Gasteiger partial charge in [0.05, 0.1) is 12.7 Å². The Kier molecular flexibility index (Phi) is 10.2. The summed E-state index contributed by atoms with van der Waals surface area (Å²) in [6, 6.07) is 0. The van der Waals surface area contributed by atoms with Crippen LogP contribution in [0, 0.1) is 5.41 Å². The molecular weight excluding hydrogens is 328 g/mol. The smallest absolute Gasteiger partial charge is 0.248 e. The molecule has 1 amide bonds. The Morgan fingerprint density at radius 2 is 1.83 bits per heavy atom. The fourth-order valence-electron chi connectivity index (χ4n) is 3.78. The lowest BCUT2D eigenvalue weighted by Crippen LogP contribution is -2.49. The van der Waals surface area contributed by atoms with Crippen LogP contribution >= 0.6 is 12.4 Å². The topological polar surface area (TPSA) is 59.6 Å². The molecular formula is C18H35ClN2O3. The minimum absolute atomic E-state index is 0. The lowest BCUT2D eigenvalue weighted by molar-refractivity contribution is -0.136. The maximum Gasteiger partial charge on any atom is 0.248 e. The van der Waals surface area contributed by atoms with Crippen molar-refractivity contribution in [3.05, 3.63) is 0 Å². The number of carbonyl (C=O) groups is 1. The van der Waals surface area contributed by atoms with E-state index in [1.165, 1.54) is 25.7 Å². The first-order chi connectivity index (χ1) is 11.2. The molecule has 0 bridgehead atoms. The number of halogens is 1. The molecule has 2 aliphatic rings. The molecule has 6 heteroatoms. The van der Waals surface area contributed by atoms with Gasteiger partial charge >= 0.3 is 0 Å². The monoisotopic (exact) mass is 362 g/mol. The van der Waals surface area contributed by atoms with Crippen molar-refractivity contribution in [3.63, 3.8) is 0 Å². The molecule has 0 radical (unpaired) electrons. The van der Waals surface area contributed by atoms with Crippen LogP contribution in [0.3, 0.4) is 0 Å². The number of rotatable bonds is 7. The van der Waals surface area contributed by atoms with E-state index in [2.05, 4.69) is 10.6 Å². The van der Waals surface area contributed by atoms with E-state index in [9.17, 15) is 4.79 Å². The predicted molar refractivity (Wildman–Crippen MR) is 98.7 cm³/mol. The molecule has 2 fully saturated rings. The number of nitrogens with one attached hydrogen (secondary N) is 2. The lowest BCUT2D eigenvalue weighted by Gasteiger charge is -2.37. The Balaban J connectivity index is 0.00000288. The number of methoxy groups -OCH3 is 1. The SMILES string of the molecule is COCC1(CNC(=O)C(C)OC2CCCCCC2)CCNCC1.Cl. The Morgan fingerprint density at radius 3 is 2.42 bits per heavy atom. The molecule has 1 heterocycles. The highest BCUT2D eigenvalue weighted by Gasteiger charge is 2.33. The van der Waals surface area contributed by atoms with E-state index in [0.29, 0.717) is 13.2 Å². The molecule has 142 valence electrons. The van der Waals surface area contributed by atoms with E-state index in [1.54, 1.807) is 7.11 Å². The largest absolute Gasteiger partial charge is 0.384 e. The van der Waals surface area contributed by atoms with Crippen LogP contribution in [0.25, 0.3) is 0 Å². The third kappa shape index (κ3) is 6.87. The normalized spacial score (nSPS) is 22.9. The van der Waals surface area contributed by atoms with Crippen LogP contribution in [0.2, 0.25) is 0 Å². The van der Waals surface area contributed by atoms with Crippen molar-refractivity contribution < 1.29 is 14.3 Å². The average Bonchev–Trinajstić information content (AvgIpc) is 2.82. The van der Waals surface area contributed by atoms with Gasteiger partial charge in [0.25, 0.3) is 0 Å². The fraction of sp³-hybridized carbons (Fsp3) is 0.944. The zero-order valence-corrected chi connectivity index (χ0v) is 16.1. The third-order valence-corrected chi connectivity index (χ3v) is 5.32. The number of hydrogen-bond donors (Lipinski definition) is 2. The minimum atomic E-state index is -0.362. The van der Waals surface area contributed by atoms with Crippen LogP contribution in [-0.4, -0.2) is 51.5 Å². The Labute approximate surface area is 153 Å². The van der Waals surface area contributed by atoms with Gasteiger partial charge in [-0.1, -0.05) is 25.7 Å². The first kappa shape index (κ1) is 21.7. The van der Waals surface area contributed by atoms with Crippen molar-refractivity contribution in [3.8, 4) is 0 Å². The van der Waals surface area contributed by atoms with Gasteiger partial charge in [0.15, 0.2) is 0 Å². The van der Waals surface area contributed by atoms with E-state index < -0.39 is 0 Å². The number of amides is 1. The number of piperidine rings is 1. The summed E-state index contributed by atoms with van der Waals surface area (Å²) in [6.07, 6.45) is 9.21. The molecule has 0 spiro atoms. The highest BCUT2D eigenvalue weighted by molar-refractivity contribution is 5.85. The molecule has 2 rings (SSSR count). The van der Waals surface area contributed by atoms with Crippen LogP contribution in [0.5, 0.6) is 0 Å². The average molecular weight is 363 g/mol. The van der Waals surface area contributed by atoms with Crippen LogP contribution < -0.4 is 10.6 Å². The second kappa shape index (κ2) is 11.3. The molecule has 1 saturated heterocycles. The van der Waals surface area contributed by atoms with E-state index in [0.717, 1.165) is 38.8 Å². The highest BCUT2D eigenvalue weighted by Crippen LogP contribution is 2.28. The summed E-state index contributed by atoms with van der Waals surface area (Å²) in [6.45, 7) is 5.25. The van der Waals surface area contributed by atoms with E-state index >= 15 is 0 Å². The quantitative estimate of drug-likeness (QED) is 0.683. The second-order valence-corrected chi connectivity index (χ2v) is 7.29. The van der Waals surface area contributed by atoms with Gasteiger partial charge in [-0.3, -0.25) is 4.79 Å². The first-order valence-electron chi connectivity index (χ1n) is 9.28. The van der Waals surface area contributed by atoms with Gasteiger partial charge in [-0.25, -0.2) is 0 Å². The van der Waals surface area contributed by atoms with E-state index in [-0.39, 0.29) is 35.9 Å². The molecule has 5 nitrogen and oxygen atoms in total. The number of hydrogen-bond acceptors (Lipinski definition) is 4. The molecule has 1 aliphatic heterocycles. The molecule has 2 N–H and O–H groups in total. The van der Waals surface area contributed by atoms with Crippen molar-refractivity contribution in [2.45, 2.75) is 70.5 Å². The fourth-order valence-corrected chi connectivity index (χ4v) is 3.78. The van der Waals surface area contributed by atoms with Crippen molar-refractivity contribution >= 4 is 18.3 Å². The van der Waals surface area contributed by atoms with Gasteiger partial charge in [0.1, 0.15) is 6.10 Å². The molecule has 24 heavy (non-hydrogen) atoms. The van der Waals surface area contributed by atoms with Crippen molar-refractivity contribution in [1.82, 2.24) is 10.6 Å². The summed E-state index contributed by atoms with van der Waals surface area (Å²) in [4.78, 5) is 12.4. The molecule has 0 aromatic rings. The summed E-state index contributed by atoms with van der Waals surface area (Å²) in [7, 11) is 1.74. The van der Waals surface area contributed by atoms with Crippen molar-refractivity contribution in [2.24, 2.45) is 5.41 Å². The zero-order chi connectivity index (χ0) is 16.5. The van der Waals surface area contributed by atoms with Crippen LogP contribution in [-0.2, 0) is 14.3 Å². The van der Waals surface area contributed by atoms with Gasteiger partial charge in [-0.15, -0.1) is 12.4 Å². The Morgan fingerprint density at radius 1 is 1.21 bits per heavy atom. The summed E-state index contributed by atoms with van der Waals surface area (Å²) in [5.74, 6) is 0.0169. The highest BCUT2D eigenvalue weighted by atomic mass is 35.5. The lowest BCUT2D eigenvalue weighted by atomic mass is 9.79. The van der Waals surface area contributed by atoms with Crippen LogP contribution in [0.4, 0.5) is 0 Å². The summed E-state index contributed by atoms with van der Waals surface area (Å²) in [5, 5.41) is 6.49. The molecule has 1 saturated carbocycles. The van der Waals surface area contributed by atoms with Crippen LogP contribution in [0.15, 0.2) is 0 Å². The minimum Gasteiger partial charge on any atom is -0.384 e. The summed E-state index contributed by atoms with van der Waals surface area (Å²) >= 11 is 0. The summed E-state index contributed by atoms with van der Waals surface area (Å²) in [5.41, 5.74) is 0.0672. The first-order valence-corrected chi connectivity index (χ1v) is 9.28. The number of carbonyl (C=O) groups excluding carboxylic acids is 1. The molecule has 1 atom stereocenters. The van der Waals surface area contributed by atoms with Gasteiger partial charge in [-0.2, -0.15) is 0 Å². The van der Waals surface area contributed by atoms with Crippen molar-refractivity contribution in [2.75, 3.05) is 33.4 Å². The molecule has 0 aromatic carbocycles. The Bertz CT molecular complexity index is 349. The third-order valence-electron chi connectivity index (χ3n) is 5.32. The number of ether oxygens (including phenoxy) is 2.